The van der Waals surface area contributed by atoms with Gasteiger partial charge in [0.15, 0.2) is 6.10 Å². The Balaban J connectivity index is 1.27. The topological polar surface area (TPSA) is 84.0 Å². The normalized spacial score (nSPS) is 23.8. The molecule has 0 aromatic heterocycles. The maximum atomic E-state index is 12.7. The van der Waals surface area contributed by atoms with Crippen LogP contribution in [0.3, 0.4) is 0 Å². The second kappa shape index (κ2) is 8.42. The van der Waals surface area contributed by atoms with E-state index in [4.69, 9.17) is 4.74 Å². The van der Waals surface area contributed by atoms with Crippen molar-refractivity contribution in [3.05, 3.63) is 47.5 Å². The molecule has 2 heterocycles. The Morgan fingerprint density at radius 3 is 2.37 bits per heavy atom. The molecule has 0 bridgehead atoms. The molecule has 1 aliphatic carbocycles. The average molecular weight is 410 g/mol. The molecule has 1 saturated heterocycles. The minimum absolute atomic E-state index is 0.00149. The molecular weight excluding hydrogens is 384 g/mol. The predicted molar refractivity (Wildman–Crippen MR) is 108 cm³/mol. The van der Waals surface area contributed by atoms with Crippen molar-refractivity contribution in [2.75, 3.05) is 13.1 Å². The van der Waals surface area contributed by atoms with E-state index in [0.717, 1.165) is 12.0 Å². The standard InChI is InChI=1S/C23H26N2O5/c1-15(21(27)24-12-10-16-6-2-3-7-17(16)14-24)30-20(26)11-13-25-22(28)18-8-4-5-9-19(18)23(25)29/h2-7,15,18-19H,8-14H2,1H3/t15-,18-,19+/m0/s1. The summed E-state index contributed by atoms with van der Waals surface area (Å²) >= 11 is 0. The smallest absolute Gasteiger partial charge is 0.308 e. The lowest BCUT2D eigenvalue weighted by atomic mass is 9.85. The lowest BCUT2D eigenvalue weighted by Crippen LogP contribution is -2.43. The van der Waals surface area contributed by atoms with Crippen LogP contribution in [0.25, 0.3) is 0 Å². The Morgan fingerprint density at radius 2 is 1.70 bits per heavy atom. The lowest BCUT2D eigenvalue weighted by Gasteiger charge is -2.30. The number of hydrogen-bond acceptors (Lipinski definition) is 5. The molecule has 1 aromatic carbocycles. The molecule has 30 heavy (non-hydrogen) atoms. The number of imide groups is 1. The number of esters is 1. The Morgan fingerprint density at radius 1 is 1.07 bits per heavy atom. The molecule has 3 aliphatic rings. The number of ether oxygens (including phenoxy) is 1. The molecule has 3 atom stereocenters. The first-order valence-electron chi connectivity index (χ1n) is 10.5. The first-order chi connectivity index (χ1) is 14.5. The van der Waals surface area contributed by atoms with E-state index >= 15 is 0 Å². The average Bonchev–Trinajstić information content (AvgIpc) is 3.01. The number of hydrogen-bond donors (Lipinski definition) is 0. The van der Waals surface area contributed by atoms with Crippen molar-refractivity contribution >= 4 is 23.7 Å². The fraction of sp³-hybridized carbons (Fsp3) is 0.478. The first-order valence-corrected chi connectivity index (χ1v) is 10.5. The van der Waals surface area contributed by atoms with E-state index in [1.165, 1.54) is 10.5 Å². The summed E-state index contributed by atoms with van der Waals surface area (Å²) in [5.74, 6) is -1.84. The molecule has 0 N–H and O–H groups in total. The van der Waals surface area contributed by atoms with Gasteiger partial charge in [-0.1, -0.05) is 36.4 Å². The molecule has 4 rings (SSSR count). The highest BCUT2D eigenvalue weighted by molar-refractivity contribution is 6.05. The highest BCUT2D eigenvalue weighted by atomic mass is 16.5. The summed E-state index contributed by atoms with van der Waals surface area (Å²) < 4.78 is 5.31. The Kier molecular flexibility index (Phi) is 5.70. The van der Waals surface area contributed by atoms with E-state index in [-0.39, 0.29) is 42.5 Å². The van der Waals surface area contributed by atoms with E-state index in [1.807, 2.05) is 30.4 Å². The molecular formula is C23H26N2O5. The summed E-state index contributed by atoms with van der Waals surface area (Å²) in [6.45, 7) is 2.66. The number of amides is 3. The Labute approximate surface area is 175 Å². The van der Waals surface area contributed by atoms with Gasteiger partial charge >= 0.3 is 5.97 Å². The van der Waals surface area contributed by atoms with Crippen LogP contribution in [0.2, 0.25) is 0 Å². The van der Waals surface area contributed by atoms with Crippen molar-refractivity contribution in [1.29, 1.82) is 0 Å². The van der Waals surface area contributed by atoms with Crippen molar-refractivity contribution < 1.29 is 23.9 Å². The minimum atomic E-state index is -0.903. The molecule has 0 radical (unpaired) electrons. The number of nitrogens with zero attached hydrogens (tertiary/aromatic N) is 2. The van der Waals surface area contributed by atoms with Crippen molar-refractivity contribution in [3.8, 4) is 0 Å². The molecule has 1 aromatic rings. The van der Waals surface area contributed by atoms with Gasteiger partial charge in [0, 0.05) is 19.6 Å². The van der Waals surface area contributed by atoms with Gasteiger partial charge in [-0.05, 0) is 37.3 Å². The number of carbonyl (C=O) groups excluding carboxylic acids is 4. The lowest BCUT2D eigenvalue weighted by molar-refractivity contribution is -0.160. The van der Waals surface area contributed by atoms with E-state index in [1.54, 1.807) is 11.8 Å². The van der Waals surface area contributed by atoms with Crippen LogP contribution in [0, 0.1) is 11.8 Å². The number of rotatable bonds is 5. The monoisotopic (exact) mass is 410 g/mol. The van der Waals surface area contributed by atoms with Crippen LogP contribution in [-0.2, 0) is 36.9 Å². The number of likely N-dealkylation sites (tertiary alicyclic amines) is 1. The highest BCUT2D eigenvalue weighted by Gasteiger charge is 2.47. The number of fused-ring (bicyclic) bond motifs is 2. The van der Waals surface area contributed by atoms with E-state index < -0.39 is 12.1 Å². The number of allylic oxidation sites excluding steroid dienone is 2. The van der Waals surface area contributed by atoms with Crippen LogP contribution >= 0.6 is 0 Å². The molecule has 1 fully saturated rings. The van der Waals surface area contributed by atoms with Crippen LogP contribution in [0.15, 0.2) is 36.4 Å². The van der Waals surface area contributed by atoms with E-state index in [0.29, 0.717) is 25.9 Å². The maximum absolute atomic E-state index is 12.7. The zero-order valence-corrected chi connectivity index (χ0v) is 17.1. The summed E-state index contributed by atoms with van der Waals surface area (Å²) in [4.78, 5) is 52.8. The maximum Gasteiger partial charge on any atom is 0.308 e. The Hall–Kier alpha value is -2.96. The fourth-order valence-electron chi connectivity index (χ4n) is 4.54. The van der Waals surface area contributed by atoms with Crippen LogP contribution in [0.4, 0.5) is 0 Å². The largest absolute Gasteiger partial charge is 0.452 e. The van der Waals surface area contributed by atoms with Gasteiger partial charge in [-0.25, -0.2) is 0 Å². The van der Waals surface area contributed by atoms with Gasteiger partial charge in [-0.15, -0.1) is 0 Å². The highest BCUT2D eigenvalue weighted by Crippen LogP contribution is 2.35. The molecule has 7 nitrogen and oxygen atoms in total. The predicted octanol–water partition coefficient (Wildman–Crippen LogP) is 1.84. The summed E-state index contributed by atoms with van der Waals surface area (Å²) in [5, 5.41) is 0. The summed E-state index contributed by atoms with van der Waals surface area (Å²) in [6, 6.07) is 8.00. The zero-order valence-electron chi connectivity index (χ0n) is 17.1. The minimum Gasteiger partial charge on any atom is -0.452 e. The van der Waals surface area contributed by atoms with Crippen LogP contribution in [-0.4, -0.2) is 52.7 Å². The third-order valence-electron chi connectivity index (χ3n) is 6.24. The molecule has 0 unspecified atom stereocenters. The fourth-order valence-corrected chi connectivity index (χ4v) is 4.54. The molecule has 0 spiro atoms. The number of carbonyl (C=O) groups is 4. The van der Waals surface area contributed by atoms with Crippen molar-refractivity contribution in [2.45, 2.75) is 45.3 Å². The van der Waals surface area contributed by atoms with E-state index in [9.17, 15) is 19.2 Å². The van der Waals surface area contributed by atoms with Crippen molar-refractivity contribution in [3.63, 3.8) is 0 Å². The van der Waals surface area contributed by atoms with Gasteiger partial charge in [0.2, 0.25) is 11.8 Å². The third-order valence-corrected chi connectivity index (χ3v) is 6.24. The quantitative estimate of drug-likeness (QED) is 0.420. The van der Waals surface area contributed by atoms with Crippen LogP contribution in [0.5, 0.6) is 0 Å². The summed E-state index contributed by atoms with van der Waals surface area (Å²) in [6.07, 6.45) is 4.76. The van der Waals surface area contributed by atoms with Gasteiger partial charge in [0.25, 0.3) is 5.91 Å². The van der Waals surface area contributed by atoms with Crippen LogP contribution in [0.1, 0.15) is 37.3 Å². The van der Waals surface area contributed by atoms with Gasteiger partial charge in [0.05, 0.1) is 18.3 Å². The summed E-state index contributed by atoms with van der Waals surface area (Å²) in [5.41, 5.74) is 2.35. The molecule has 2 aliphatic heterocycles. The second-order valence-electron chi connectivity index (χ2n) is 8.14. The molecule has 3 amide bonds. The first kappa shape index (κ1) is 20.3. The van der Waals surface area contributed by atoms with E-state index in [2.05, 4.69) is 6.07 Å². The molecule has 158 valence electrons. The zero-order chi connectivity index (χ0) is 21.3. The summed E-state index contributed by atoms with van der Waals surface area (Å²) in [7, 11) is 0. The SMILES string of the molecule is C[C@H](OC(=O)CCN1C(=O)[C@H]2CC=CC[C@H]2C1=O)C(=O)N1CCc2ccccc2C1. The molecule has 7 heteroatoms. The van der Waals surface area contributed by atoms with Crippen molar-refractivity contribution in [1.82, 2.24) is 9.80 Å². The Bertz CT molecular complexity index is 883. The number of benzene rings is 1. The van der Waals surface area contributed by atoms with Crippen LogP contribution < -0.4 is 0 Å². The van der Waals surface area contributed by atoms with Gasteiger partial charge < -0.3 is 9.64 Å². The molecule has 0 saturated carbocycles. The van der Waals surface area contributed by atoms with Gasteiger partial charge in [0.1, 0.15) is 0 Å². The van der Waals surface area contributed by atoms with Gasteiger partial charge in [-0.3, -0.25) is 24.1 Å². The van der Waals surface area contributed by atoms with Crippen molar-refractivity contribution in [2.24, 2.45) is 11.8 Å². The third kappa shape index (κ3) is 3.88. The van der Waals surface area contributed by atoms with Gasteiger partial charge in [-0.2, -0.15) is 0 Å². The second-order valence-corrected chi connectivity index (χ2v) is 8.14.